The molecule has 4 nitrogen and oxygen atoms in total. The second-order valence-corrected chi connectivity index (χ2v) is 3.49. The van der Waals surface area contributed by atoms with Crippen molar-refractivity contribution in [2.24, 2.45) is 5.14 Å². The van der Waals surface area contributed by atoms with E-state index in [9.17, 15) is 8.42 Å². The van der Waals surface area contributed by atoms with Crippen LogP contribution in [0.1, 0.15) is 0 Å². The molecule has 8 heavy (non-hydrogen) atoms. The zero-order valence-corrected chi connectivity index (χ0v) is 5.19. The number of primary sulfonamides is 1. The largest absolute Gasteiger partial charge is 0.286 e. The summed E-state index contributed by atoms with van der Waals surface area (Å²) in [5.74, 6) is 0.0208. The number of nitrogens with two attached hydrogens (primary N) is 1. The Morgan fingerprint density at radius 3 is 2.12 bits per heavy atom. The number of nitrogens with zero attached hydrogens (tertiary/aromatic N) is 1. The van der Waals surface area contributed by atoms with Crippen molar-refractivity contribution < 1.29 is 8.42 Å². The Morgan fingerprint density at radius 2 is 2.00 bits per heavy atom. The van der Waals surface area contributed by atoms with E-state index in [0.29, 0.717) is 0 Å². The Hall–Kier alpha value is -0.130. The molecule has 1 heterocycles. The zero-order chi connectivity index (χ0) is 6.20. The monoisotopic (exact) mass is 136 g/mol. The molecule has 0 amide bonds. The first-order valence-electron chi connectivity index (χ1n) is 2.31. The molecule has 0 bridgehead atoms. The van der Waals surface area contributed by atoms with Crippen LogP contribution in [0, 0.1) is 0 Å². The zero-order valence-electron chi connectivity index (χ0n) is 4.37. The number of rotatable bonds is 2. The van der Waals surface area contributed by atoms with E-state index >= 15 is 0 Å². The van der Waals surface area contributed by atoms with Gasteiger partial charge in [0.1, 0.15) is 5.88 Å². The highest BCUT2D eigenvalue weighted by molar-refractivity contribution is 7.89. The van der Waals surface area contributed by atoms with E-state index in [1.54, 1.807) is 4.90 Å². The summed E-state index contributed by atoms with van der Waals surface area (Å²) in [6, 6.07) is 0. The van der Waals surface area contributed by atoms with Gasteiger partial charge in [0.05, 0.1) is 0 Å². The van der Waals surface area contributed by atoms with Gasteiger partial charge in [-0.2, -0.15) is 0 Å². The van der Waals surface area contributed by atoms with Gasteiger partial charge in [-0.05, 0) is 0 Å². The molecule has 1 saturated heterocycles. The van der Waals surface area contributed by atoms with Crippen molar-refractivity contribution in [2.75, 3.05) is 19.0 Å². The van der Waals surface area contributed by atoms with E-state index in [1.807, 2.05) is 0 Å². The summed E-state index contributed by atoms with van der Waals surface area (Å²) in [5, 5.41) is 4.71. The maximum atomic E-state index is 10.2. The molecule has 5 heteroatoms. The summed E-state index contributed by atoms with van der Waals surface area (Å²) in [7, 11) is -3.23. The fraction of sp³-hybridized carbons (Fsp3) is 1.00. The highest BCUT2D eigenvalue weighted by Gasteiger charge is 2.21. The van der Waals surface area contributed by atoms with Crippen molar-refractivity contribution >= 4 is 10.0 Å². The normalized spacial score (nSPS) is 21.1. The summed E-state index contributed by atoms with van der Waals surface area (Å²) in [6.45, 7) is 1.74. The minimum atomic E-state index is -3.23. The molecule has 0 aromatic rings. The molecule has 0 aromatic carbocycles. The highest BCUT2D eigenvalue weighted by atomic mass is 32.2. The van der Waals surface area contributed by atoms with E-state index in [-0.39, 0.29) is 5.88 Å². The Kier molecular flexibility index (Phi) is 1.26. The lowest BCUT2D eigenvalue weighted by molar-refractivity contribution is 0.565. The first kappa shape index (κ1) is 6.00. The van der Waals surface area contributed by atoms with Gasteiger partial charge in [0.15, 0.2) is 0 Å². The number of hydrogen-bond acceptors (Lipinski definition) is 3. The van der Waals surface area contributed by atoms with Crippen LogP contribution in [0.5, 0.6) is 0 Å². The van der Waals surface area contributed by atoms with E-state index in [1.165, 1.54) is 0 Å². The highest BCUT2D eigenvalue weighted by Crippen LogP contribution is 2.02. The van der Waals surface area contributed by atoms with Crippen LogP contribution in [0.4, 0.5) is 0 Å². The topological polar surface area (TPSA) is 63.2 Å². The first-order valence-corrected chi connectivity index (χ1v) is 4.02. The summed E-state index contributed by atoms with van der Waals surface area (Å²) >= 11 is 0. The molecule has 0 unspecified atom stereocenters. The van der Waals surface area contributed by atoms with Gasteiger partial charge in [-0.15, -0.1) is 0 Å². The van der Waals surface area contributed by atoms with Gasteiger partial charge >= 0.3 is 0 Å². The second-order valence-electron chi connectivity index (χ2n) is 1.91. The van der Waals surface area contributed by atoms with Gasteiger partial charge in [0.2, 0.25) is 10.0 Å². The summed E-state index contributed by atoms with van der Waals surface area (Å²) in [4.78, 5) is 1.75. The predicted octanol–water partition coefficient (Wildman–Crippen LogP) is -1.45. The third-order valence-electron chi connectivity index (χ3n) is 0.902. The molecule has 1 aliphatic rings. The first-order chi connectivity index (χ1) is 3.58. The smallest absolute Gasteiger partial charge is 0.222 e. The quantitative estimate of drug-likeness (QED) is 0.472. The van der Waals surface area contributed by atoms with Crippen molar-refractivity contribution in [3.63, 3.8) is 0 Å². The molecular weight excluding hydrogens is 128 g/mol. The van der Waals surface area contributed by atoms with Crippen molar-refractivity contribution in [3.8, 4) is 0 Å². The van der Waals surface area contributed by atoms with Crippen molar-refractivity contribution in [3.05, 3.63) is 0 Å². The minimum Gasteiger partial charge on any atom is -0.286 e. The van der Waals surface area contributed by atoms with Crippen molar-refractivity contribution in [2.45, 2.75) is 0 Å². The lowest BCUT2D eigenvalue weighted by Crippen LogP contribution is -2.21. The van der Waals surface area contributed by atoms with Crippen LogP contribution in [-0.4, -0.2) is 32.3 Å². The van der Waals surface area contributed by atoms with Crippen LogP contribution in [0.2, 0.25) is 0 Å². The Labute approximate surface area is 48.3 Å². The lowest BCUT2D eigenvalue weighted by atomic mass is 11.0. The van der Waals surface area contributed by atoms with Crippen LogP contribution in [-0.2, 0) is 10.0 Å². The van der Waals surface area contributed by atoms with Gasteiger partial charge in [-0.3, -0.25) is 4.90 Å². The van der Waals surface area contributed by atoms with Gasteiger partial charge in [-0.1, -0.05) is 0 Å². The van der Waals surface area contributed by atoms with Gasteiger partial charge in [0.25, 0.3) is 0 Å². The summed E-state index contributed by atoms with van der Waals surface area (Å²) in [5.41, 5.74) is 0. The maximum Gasteiger partial charge on any atom is 0.222 e. The molecule has 0 atom stereocenters. The average molecular weight is 136 g/mol. The molecule has 0 saturated carbocycles. The predicted molar refractivity (Wildman–Crippen MR) is 29.5 cm³/mol. The van der Waals surface area contributed by atoms with Crippen molar-refractivity contribution in [1.29, 1.82) is 0 Å². The number of hydrogen-bond donors (Lipinski definition) is 1. The molecule has 48 valence electrons. The molecule has 1 rings (SSSR count). The van der Waals surface area contributed by atoms with Crippen LogP contribution >= 0.6 is 0 Å². The Morgan fingerprint density at radius 1 is 1.50 bits per heavy atom. The summed E-state index contributed by atoms with van der Waals surface area (Å²) < 4.78 is 20.4. The molecule has 1 fully saturated rings. The minimum absolute atomic E-state index is 0.0208. The molecule has 0 radical (unpaired) electrons. The molecular formula is C3H8N2O2S. The molecule has 0 aromatic heterocycles. The molecule has 0 spiro atoms. The second kappa shape index (κ2) is 1.68. The standard InChI is InChI=1S/C3H8N2O2S/c4-8(6,7)3-5-1-2-5/h1-3H2,(H2,4,6,7). The fourth-order valence-corrected chi connectivity index (χ4v) is 1.22. The third-order valence-corrected chi connectivity index (χ3v) is 1.63. The molecule has 1 aliphatic heterocycles. The average Bonchev–Trinajstić information content (AvgIpc) is 2.12. The molecule has 0 aliphatic carbocycles. The third kappa shape index (κ3) is 2.25. The lowest BCUT2D eigenvalue weighted by Gasteiger charge is -1.93. The van der Waals surface area contributed by atoms with Gasteiger partial charge in [0, 0.05) is 13.1 Å². The van der Waals surface area contributed by atoms with Crippen LogP contribution in [0.25, 0.3) is 0 Å². The maximum absolute atomic E-state index is 10.2. The van der Waals surface area contributed by atoms with Crippen molar-refractivity contribution in [1.82, 2.24) is 4.90 Å². The molecule has 2 N–H and O–H groups in total. The Balaban J connectivity index is 2.38. The van der Waals surface area contributed by atoms with Crippen LogP contribution in [0.3, 0.4) is 0 Å². The summed E-state index contributed by atoms with van der Waals surface area (Å²) in [6.07, 6.45) is 0. The SMILES string of the molecule is NS(=O)(=O)CN1CC1. The van der Waals surface area contributed by atoms with E-state index in [2.05, 4.69) is 0 Å². The van der Waals surface area contributed by atoms with E-state index < -0.39 is 10.0 Å². The van der Waals surface area contributed by atoms with Crippen LogP contribution < -0.4 is 5.14 Å². The Bertz CT molecular complexity index is 170. The number of sulfonamides is 1. The van der Waals surface area contributed by atoms with E-state index in [4.69, 9.17) is 5.14 Å². The fourth-order valence-electron chi connectivity index (χ4n) is 0.454. The van der Waals surface area contributed by atoms with Gasteiger partial charge < -0.3 is 0 Å². The van der Waals surface area contributed by atoms with Gasteiger partial charge in [-0.25, -0.2) is 13.6 Å². The van der Waals surface area contributed by atoms with Crippen LogP contribution in [0.15, 0.2) is 0 Å². The van der Waals surface area contributed by atoms with E-state index in [0.717, 1.165) is 13.1 Å².